The fraction of sp³-hybridized carbons (Fsp3) is 0.478. The number of hydrogen-bond acceptors (Lipinski definition) is 3. The van der Waals surface area contributed by atoms with Crippen molar-refractivity contribution in [1.82, 2.24) is 4.90 Å². The van der Waals surface area contributed by atoms with E-state index in [-0.39, 0.29) is 5.92 Å². The lowest BCUT2D eigenvalue weighted by atomic mass is 9.74. The van der Waals surface area contributed by atoms with E-state index in [2.05, 4.69) is 67.3 Å². The molecule has 1 aliphatic heterocycles. The SMILES string of the molecule is CCCC(O)(c1ccc(C)cc1)C(CN1CCOCC1)c1ccccc1. The minimum Gasteiger partial charge on any atom is -0.384 e. The summed E-state index contributed by atoms with van der Waals surface area (Å²) in [7, 11) is 0. The molecule has 0 aromatic heterocycles. The van der Waals surface area contributed by atoms with E-state index in [0.29, 0.717) is 0 Å². The van der Waals surface area contributed by atoms with E-state index in [4.69, 9.17) is 4.74 Å². The van der Waals surface area contributed by atoms with Crippen LogP contribution >= 0.6 is 0 Å². The van der Waals surface area contributed by atoms with Crippen molar-refractivity contribution in [2.75, 3.05) is 32.8 Å². The van der Waals surface area contributed by atoms with Crippen LogP contribution < -0.4 is 0 Å². The number of benzene rings is 2. The second kappa shape index (κ2) is 8.81. The van der Waals surface area contributed by atoms with E-state index in [1.807, 2.05) is 6.07 Å². The Morgan fingerprint density at radius 3 is 2.31 bits per heavy atom. The second-order valence-corrected chi connectivity index (χ2v) is 7.42. The van der Waals surface area contributed by atoms with Crippen LogP contribution in [0.15, 0.2) is 54.6 Å². The first-order chi connectivity index (χ1) is 12.6. The fourth-order valence-corrected chi connectivity index (χ4v) is 4.00. The lowest BCUT2D eigenvalue weighted by molar-refractivity contribution is -0.0285. The highest BCUT2D eigenvalue weighted by Crippen LogP contribution is 2.41. The smallest absolute Gasteiger partial charge is 0.0976 e. The second-order valence-electron chi connectivity index (χ2n) is 7.42. The van der Waals surface area contributed by atoms with Gasteiger partial charge in [-0.3, -0.25) is 4.90 Å². The fourth-order valence-electron chi connectivity index (χ4n) is 4.00. The van der Waals surface area contributed by atoms with Crippen LogP contribution in [-0.4, -0.2) is 42.9 Å². The summed E-state index contributed by atoms with van der Waals surface area (Å²) in [5.41, 5.74) is 2.57. The third-order valence-electron chi connectivity index (χ3n) is 5.51. The van der Waals surface area contributed by atoms with E-state index in [9.17, 15) is 5.11 Å². The highest BCUT2D eigenvalue weighted by Gasteiger charge is 2.39. The van der Waals surface area contributed by atoms with Gasteiger partial charge in [0.15, 0.2) is 0 Å². The Balaban J connectivity index is 1.99. The maximum Gasteiger partial charge on any atom is 0.0976 e. The number of morpholine rings is 1. The van der Waals surface area contributed by atoms with Crippen molar-refractivity contribution in [2.45, 2.75) is 38.2 Å². The first-order valence-corrected chi connectivity index (χ1v) is 9.78. The summed E-state index contributed by atoms with van der Waals surface area (Å²) >= 11 is 0. The molecule has 1 fully saturated rings. The molecule has 3 nitrogen and oxygen atoms in total. The molecule has 1 N–H and O–H groups in total. The Morgan fingerprint density at radius 1 is 1.04 bits per heavy atom. The van der Waals surface area contributed by atoms with Crippen LogP contribution in [0.2, 0.25) is 0 Å². The first-order valence-electron chi connectivity index (χ1n) is 9.78. The average Bonchev–Trinajstić information content (AvgIpc) is 2.68. The molecule has 0 radical (unpaired) electrons. The molecule has 1 saturated heterocycles. The van der Waals surface area contributed by atoms with Crippen LogP contribution in [-0.2, 0) is 10.3 Å². The summed E-state index contributed by atoms with van der Waals surface area (Å²) in [6, 6.07) is 18.9. The molecule has 0 aliphatic carbocycles. The van der Waals surface area contributed by atoms with Crippen LogP contribution in [0.4, 0.5) is 0 Å². The molecular formula is C23H31NO2. The zero-order valence-corrected chi connectivity index (χ0v) is 16.0. The number of ether oxygens (including phenoxy) is 1. The van der Waals surface area contributed by atoms with Gasteiger partial charge in [0, 0.05) is 25.6 Å². The van der Waals surface area contributed by atoms with Crippen molar-refractivity contribution in [2.24, 2.45) is 0 Å². The van der Waals surface area contributed by atoms with Gasteiger partial charge in [-0.25, -0.2) is 0 Å². The molecule has 0 bridgehead atoms. The van der Waals surface area contributed by atoms with Gasteiger partial charge >= 0.3 is 0 Å². The number of nitrogens with zero attached hydrogens (tertiary/aromatic N) is 1. The minimum atomic E-state index is -0.873. The molecule has 140 valence electrons. The predicted molar refractivity (Wildman–Crippen MR) is 106 cm³/mol. The van der Waals surface area contributed by atoms with E-state index in [1.165, 1.54) is 11.1 Å². The molecule has 0 amide bonds. The summed E-state index contributed by atoms with van der Waals surface area (Å²) in [4.78, 5) is 2.43. The van der Waals surface area contributed by atoms with E-state index in [1.54, 1.807) is 0 Å². The van der Waals surface area contributed by atoms with Crippen LogP contribution in [0.5, 0.6) is 0 Å². The molecule has 26 heavy (non-hydrogen) atoms. The molecule has 2 atom stereocenters. The highest BCUT2D eigenvalue weighted by molar-refractivity contribution is 5.33. The van der Waals surface area contributed by atoms with Gasteiger partial charge in [-0.05, 0) is 24.5 Å². The van der Waals surface area contributed by atoms with Gasteiger partial charge in [0.2, 0.25) is 0 Å². The maximum atomic E-state index is 12.0. The van der Waals surface area contributed by atoms with E-state index in [0.717, 1.165) is 51.3 Å². The van der Waals surface area contributed by atoms with Crippen molar-refractivity contribution in [3.05, 3.63) is 71.3 Å². The summed E-state index contributed by atoms with van der Waals surface area (Å²) in [6.45, 7) is 8.49. The van der Waals surface area contributed by atoms with Gasteiger partial charge in [-0.2, -0.15) is 0 Å². The number of rotatable bonds is 7. The average molecular weight is 354 g/mol. The van der Waals surface area contributed by atoms with Gasteiger partial charge in [0.1, 0.15) is 0 Å². The molecule has 2 aromatic carbocycles. The molecule has 1 heterocycles. The first kappa shape index (κ1) is 19.1. The Kier molecular flexibility index (Phi) is 6.47. The normalized spacial score (nSPS) is 19.0. The molecule has 3 heteroatoms. The van der Waals surface area contributed by atoms with Gasteiger partial charge in [0.25, 0.3) is 0 Å². The van der Waals surface area contributed by atoms with Crippen molar-refractivity contribution < 1.29 is 9.84 Å². The summed E-state index contributed by atoms with van der Waals surface area (Å²) in [5, 5.41) is 12.0. The monoisotopic (exact) mass is 353 g/mol. The van der Waals surface area contributed by atoms with Crippen molar-refractivity contribution in [1.29, 1.82) is 0 Å². The largest absolute Gasteiger partial charge is 0.384 e. The molecule has 0 saturated carbocycles. The van der Waals surface area contributed by atoms with Gasteiger partial charge in [0.05, 0.1) is 18.8 Å². The molecular weight excluding hydrogens is 322 g/mol. The lowest BCUT2D eigenvalue weighted by Gasteiger charge is -2.41. The topological polar surface area (TPSA) is 32.7 Å². The van der Waals surface area contributed by atoms with Gasteiger partial charge in [-0.15, -0.1) is 0 Å². The van der Waals surface area contributed by atoms with E-state index < -0.39 is 5.60 Å². The zero-order valence-electron chi connectivity index (χ0n) is 16.0. The number of hydrogen-bond donors (Lipinski definition) is 1. The third kappa shape index (κ3) is 4.35. The molecule has 0 spiro atoms. The summed E-state index contributed by atoms with van der Waals surface area (Å²) in [5.74, 6) is 0.0319. The number of aryl methyl sites for hydroxylation is 1. The van der Waals surface area contributed by atoms with Gasteiger partial charge in [-0.1, -0.05) is 73.5 Å². The third-order valence-corrected chi connectivity index (χ3v) is 5.51. The van der Waals surface area contributed by atoms with Crippen LogP contribution in [0, 0.1) is 6.92 Å². The minimum absolute atomic E-state index is 0.0319. The molecule has 2 unspecified atom stereocenters. The van der Waals surface area contributed by atoms with Crippen molar-refractivity contribution in [3.8, 4) is 0 Å². The molecule has 3 rings (SSSR count). The van der Waals surface area contributed by atoms with Gasteiger partial charge < -0.3 is 9.84 Å². The van der Waals surface area contributed by atoms with Crippen molar-refractivity contribution in [3.63, 3.8) is 0 Å². The van der Waals surface area contributed by atoms with E-state index >= 15 is 0 Å². The molecule has 2 aromatic rings. The standard InChI is InChI=1S/C23H31NO2/c1-3-13-23(25,21-11-9-19(2)10-12-21)22(20-7-5-4-6-8-20)18-24-14-16-26-17-15-24/h4-12,22,25H,3,13-18H2,1-2H3. The zero-order chi connectivity index (χ0) is 18.4. The lowest BCUT2D eigenvalue weighted by Crippen LogP contribution is -2.45. The highest BCUT2D eigenvalue weighted by atomic mass is 16.5. The quantitative estimate of drug-likeness (QED) is 0.813. The summed E-state index contributed by atoms with van der Waals surface area (Å²) in [6.07, 6.45) is 1.69. The maximum absolute atomic E-state index is 12.0. The van der Waals surface area contributed by atoms with Crippen LogP contribution in [0.3, 0.4) is 0 Å². The predicted octanol–water partition coefficient (Wildman–Crippen LogP) is 4.10. The Hall–Kier alpha value is -1.68. The summed E-state index contributed by atoms with van der Waals surface area (Å²) < 4.78 is 5.51. The van der Waals surface area contributed by atoms with Crippen LogP contribution in [0.25, 0.3) is 0 Å². The Bertz CT molecular complexity index is 664. The van der Waals surface area contributed by atoms with Crippen molar-refractivity contribution >= 4 is 0 Å². The molecule has 1 aliphatic rings. The Labute approximate surface area is 157 Å². The van der Waals surface area contributed by atoms with Crippen LogP contribution in [0.1, 0.15) is 42.4 Å². The number of aliphatic hydroxyl groups is 1. The Morgan fingerprint density at radius 2 is 1.69 bits per heavy atom.